The van der Waals surface area contributed by atoms with Crippen LogP contribution < -0.4 is 10.1 Å². The summed E-state index contributed by atoms with van der Waals surface area (Å²) >= 11 is 0. The maximum absolute atomic E-state index is 13.0. The monoisotopic (exact) mass is 516 g/mol. The molecule has 1 heterocycles. The molecular formula is C27H31F3N4O3. The van der Waals surface area contributed by atoms with Crippen LogP contribution in [-0.2, 0) is 16.4 Å². The van der Waals surface area contributed by atoms with Crippen LogP contribution in [0.25, 0.3) is 5.69 Å². The zero-order valence-corrected chi connectivity index (χ0v) is 21.5. The van der Waals surface area contributed by atoms with Gasteiger partial charge in [-0.3, -0.25) is 9.59 Å². The first-order valence-corrected chi connectivity index (χ1v) is 11.8. The first-order valence-electron chi connectivity index (χ1n) is 11.8. The van der Waals surface area contributed by atoms with Crippen molar-refractivity contribution in [2.45, 2.75) is 45.7 Å². The largest absolute Gasteiger partial charge is 0.497 e. The van der Waals surface area contributed by atoms with Crippen molar-refractivity contribution in [2.75, 3.05) is 25.5 Å². The van der Waals surface area contributed by atoms with Gasteiger partial charge in [-0.05, 0) is 55.0 Å². The fourth-order valence-corrected chi connectivity index (χ4v) is 3.62. The summed E-state index contributed by atoms with van der Waals surface area (Å²) < 4.78 is 45.5. The third-order valence-electron chi connectivity index (χ3n) is 5.64. The van der Waals surface area contributed by atoms with Gasteiger partial charge in [-0.25, -0.2) is 4.68 Å². The molecule has 37 heavy (non-hydrogen) atoms. The summed E-state index contributed by atoms with van der Waals surface area (Å²) in [4.78, 5) is 27.4. The molecule has 2 amide bonds. The van der Waals surface area contributed by atoms with E-state index in [1.807, 2.05) is 39.8 Å². The number of carbonyl (C=O) groups excluding carboxylic acids is 2. The van der Waals surface area contributed by atoms with E-state index in [9.17, 15) is 22.8 Å². The molecule has 0 saturated heterocycles. The molecule has 7 nitrogen and oxygen atoms in total. The van der Waals surface area contributed by atoms with Crippen molar-refractivity contribution in [2.24, 2.45) is 0 Å². The minimum absolute atomic E-state index is 0.0764. The summed E-state index contributed by atoms with van der Waals surface area (Å²) in [6.07, 6.45) is -3.93. The molecule has 0 aliphatic rings. The van der Waals surface area contributed by atoms with Crippen LogP contribution in [0.4, 0.5) is 19.0 Å². The Morgan fingerprint density at radius 1 is 1.03 bits per heavy atom. The van der Waals surface area contributed by atoms with Crippen molar-refractivity contribution in [3.05, 3.63) is 71.4 Å². The summed E-state index contributed by atoms with van der Waals surface area (Å²) in [5.74, 6) is 0.127. The fraction of sp³-hybridized carbons (Fsp3) is 0.370. The van der Waals surface area contributed by atoms with E-state index in [0.29, 0.717) is 23.7 Å². The molecule has 198 valence electrons. The highest BCUT2D eigenvalue weighted by Crippen LogP contribution is 2.29. The van der Waals surface area contributed by atoms with E-state index in [0.717, 1.165) is 30.0 Å². The van der Waals surface area contributed by atoms with Crippen LogP contribution in [0.15, 0.2) is 54.6 Å². The topological polar surface area (TPSA) is 76.5 Å². The zero-order chi connectivity index (χ0) is 27.4. The average molecular weight is 517 g/mol. The quantitative estimate of drug-likeness (QED) is 0.418. The number of nitrogens with one attached hydrogen (secondary N) is 1. The van der Waals surface area contributed by atoms with Crippen molar-refractivity contribution < 1.29 is 27.5 Å². The van der Waals surface area contributed by atoms with Gasteiger partial charge in [0.1, 0.15) is 18.1 Å². The molecule has 0 unspecified atom stereocenters. The number of methoxy groups -OCH3 is 1. The summed E-state index contributed by atoms with van der Waals surface area (Å²) in [5, 5.41) is 7.52. The summed E-state index contributed by atoms with van der Waals surface area (Å²) in [7, 11) is 1.57. The minimum Gasteiger partial charge on any atom is -0.497 e. The maximum Gasteiger partial charge on any atom is 0.416 e. The Labute approximate surface area is 214 Å². The third-order valence-corrected chi connectivity index (χ3v) is 5.64. The zero-order valence-electron chi connectivity index (χ0n) is 21.5. The second kappa shape index (κ2) is 11.1. The number of benzene rings is 2. The van der Waals surface area contributed by atoms with Crippen LogP contribution in [0, 0.1) is 0 Å². The Morgan fingerprint density at radius 3 is 2.16 bits per heavy atom. The van der Waals surface area contributed by atoms with E-state index in [1.54, 1.807) is 30.0 Å². The highest BCUT2D eigenvalue weighted by Gasteiger charge is 2.30. The first-order chi connectivity index (χ1) is 17.3. The number of ether oxygens (including phenoxy) is 1. The van der Waals surface area contributed by atoms with Gasteiger partial charge in [0.05, 0.1) is 24.1 Å². The molecule has 3 aromatic rings. The van der Waals surface area contributed by atoms with E-state index >= 15 is 0 Å². The number of halogens is 3. The molecule has 2 aromatic carbocycles. The molecule has 1 aromatic heterocycles. The molecule has 10 heteroatoms. The van der Waals surface area contributed by atoms with Gasteiger partial charge in [0.25, 0.3) is 5.91 Å². The normalized spacial score (nSPS) is 11.8. The van der Waals surface area contributed by atoms with E-state index < -0.39 is 23.6 Å². The molecule has 0 aliphatic heterocycles. The number of anilines is 1. The van der Waals surface area contributed by atoms with Gasteiger partial charge < -0.3 is 15.0 Å². The Balaban J connectivity index is 1.83. The number of alkyl halides is 3. The number of carbonyl (C=O) groups is 2. The van der Waals surface area contributed by atoms with Crippen molar-refractivity contribution in [1.29, 1.82) is 0 Å². The SMILES string of the molecule is CCCN(CC(=O)Nc1cc(C(C)(C)C)nn1-c1ccc(OC)cc1)C(=O)c1ccc(C(F)(F)F)cc1. The minimum atomic E-state index is -4.50. The van der Waals surface area contributed by atoms with Gasteiger partial charge in [-0.15, -0.1) is 0 Å². The van der Waals surface area contributed by atoms with Crippen LogP contribution in [-0.4, -0.2) is 46.7 Å². The highest BCUT2D eigenvalue weighted by atomic mass is 19.4. The fourth-order valence-electron chi connectivity index (χ4n) is 3.62. The van der Waals surface area contributed by atoms with Gasteiger partial charge in [0, 0.05) is 23.6 Å². The lowest BCUT2D eigenvalue weighted by atomic mass is 9.92. The Morgan fingerprint density at radius 2 is 1.65 bits per heavy atom. The molecule has 0 saturated carbocycles. The summed E-state index contributed by atoms with van der Waals surface area (Å²) in [6, 6.07) is 12.9. The maximum atomic E-state index is 13.0. The number of aromatic nitrogens is 2. The van der Waals surface area contributed by atoms with E-state index in [1.165, 1.54) is 4.90 Å². The smallest absolute Gasteiger partial charge is 0.416 e. The molecule has 0 spiro atoms. The second-order valence-corrected chi connectivity index (χ2v) is 9.62. The van der Waals surface area contributed by atoms with Crippen LogP contribution in [0.1, 0.15) is 55.7 Å². The highest BCUT2D eigenvalue weighted by molar-refractivity contribution is 5.99. The number of hydrogen-bond acceptors (Lipinski definition) is 4. The summed E-state index contributed by atoms with van der Waals surface area (Å²) in [6.45, 7) is 7.85. The van der Waals surface area contributed by atoms with Crippen molar-refractivity contribution >= 4 is 17.6 Å². The lowest BCUT2D eigenvalue weighted by Gasteiger charge is -2.22. The van der Waals surface area contributed by atoms with Gasteiger partial charge >= 0.3 is 6.18 Å². The van der Waals surface area contributed by atoms with Crippen LogP contribution in [0.2, 0.25) is 0 Å². The standard InChI is InChI=1S/C27H31F3N4O3/c1-6-15-33(25(36)18-7-9-19(10-8-18)27(28,29)30)17-24(35)31-23-16-22(26(2,3)4)32-34(23)20-11-13-21(37-5)14-12-20/h7-14,16H,6,15,17H2,1-5H3,(H,31,35). The molecule has 0 radical (unpaired) electrons. The molecule has 1 N–H and O–H groups in total. The van der Waals surface area contributed by atoms with Crippen molar-refractivity contribution in [1.82, 2.24) is 14.7 Å². The van der Waals surface area contributed by atoms with E-state index in [-0.39, 0.29) is 24.1 Å². The molecule has 0 bridgehead atoms. The van der Waals surface area contributed by atoms with E-state index in [2.05, 4.69) is 10.4 Å². The molecule has 3 rings (SSSR count). The van der Waals surface area contributed by atoms with Gasteiger partial charge in [0.2, 0.25) is 5.91 Å². The van der Waals surface area contributed by atoms with Crippen molar-refractivity contribution in [3.8, 4) is 11.4 Å². The first kappa shape index (κ1) is 27.8. The molecule has 0 atom stereocenters. The third kappa shape index (κ3) is 6.90. The Hall–Kier alpha value is -3.82. The summed E-state index contributed by atoms with van der Waals surface area (Å²) in [5.41, 5.74) is 0.407. The Kier molecular flexibility index (Phi) is 8.30. The van der Waals surface area contributed by atoms with Gasteiger partial charge in [0.15, 0.2) is 0 Å². The predicted molar refractivity (Wildman–Crippen MR) is 135 cm³/mol. The number of hydrogen-bond donors (Lipinski definition) is 1. The average Bonchev–Trinajstić information content (AvgIpc) is 3.27. The lowest BCUT2D eigenvalue weighted by Crippen LogP contribution is -2.38. The van der Waals surface area contributed by atoms with Gasteiger partial charge in [-0.1, -0.05) is 27.7 Å². The number of rotatable bonds is 8. The lowest BCUT2D eigenvalue weighted by molar-refractivity contribution is -0.137. The second-order valence-electron chi connectivity index (χ2n) is 9.62. The van der Waals surface area contributed by atoms with Crippen LogP contribution >= 0.6 is 0 Å². The van der Waals surface area contributed by atoms with Crippen molar-refractivity contribution in [3.63, 3.8) is 0 Å². The molecule has 0 aliphatic carbocycles. The number of nitrogens with zero attached hydrogens (tertiary/aromatic N) is 3. The Bertz CT molecular complexity index is 1230. The molecular weight excluding hydrogens is 485 g/mol. The number of amides is 2. The van der Waals surface area contributed by atoms with Crippen LogP contribution in [0.3, 0.4) is 0 Å². The predicted octanol–water partition coefficient (Wildman–Crippen LogP) is 5.69. The van der Waals surface area contributed by atoms with E-state index in [4.69, 9.17) is 4.74 Å². The molecule has 0 fully saturated rings. The van der Waals surface area contributed by atoms with Crippen LogP contribution in [0.5, 0.6) is 5.75 Å². The van der Waals surface area contributed by atoms with Gasteiger partial charge in [-0.2, -0.15) is 18.3 Å².